The lowest BCUT2D eigenvalue weighted by Gasteiger charge is -2.28. The zero-order valence-corrected chi connectivity index (χ0v) is 10.1. The molecule has 6 heteroatoms. The summed E-state index contributed by atoms with van der Waals surface area (Å²) < 4.78 is 1.90. The Morgan fingerprint density at radius 1 is 1.71 bits per heavy atom. The molecular formula is C11H19N5O. The van der Waals surface area contributed by atoms with Crippen LogP contribution in [-0.4, -0.2) is 33.3 Å². The second-order valence-electron chi connectivity index (χ2n) is 4.50. The van der Waals surface area contributed by atoms with Gasteiger partial charge in [-0.3, -0.25) is 9.48 Å². The predicted molar refractivity (Wildman–Crippen MR) is 63.1 cm³/mol. The van der Waals surface area contributed by atoms with Crippen LogP contribution < -0.4 is 11.1 Å². The molecule has 0 bridgehead atoms. The van der Waals surface area contributed by atoms with Crippen molar-refractivity contribution in [3.8, 4) is 0 Å². The monoisotopic (exact) mass is 237 g/mol. The first-order valence-electron chi connectivity index (χ1n) is 6.10. The summed E-state index contributed by atoms with van der Waals surface area (Å²) in [5, 5.41) is 7.29. The molecule has 1 aliphatic heterocycles. The minimum absolute atomic E-state index is 0.188. The SMILES string of the molecule is CCn1ncnc1CC1CCNC(C(N)=O)C1. The number of aromatic nitrogens is 3. The lowest BCUT2D eigenvalue weighted by Crippen LogP contribution is -2.47. The fourth-order valence-electron chi connectivity index (χ4n) is 2.37. The maximum Gasteiger partial charge on any atom is 0.234 e. The molecule has 2 atom stereocenters. The van der Waals surface area contributed by atoms with E-state index >= 15 is 0 Å². The van der Waals surface area contributed by atoms with Gasteiger partial charge in [-0.15, -0.1) is 0 Å². The normalized spacial score (nSPS) is 24.8. The van der Waals surface area contributed by atoms with Gasteiger partial charge in [0.05, 0.1) is 6.04 Å². The van der Waals surface area contributed by atoms with Gasteiger partial charge in [0.1, 0.15) is 12.2 Å². The Balaban J connectivity index is 1.97. The van der Waals surface area contributed by atoms with Crippen LogP contribution in [0.2, 0.25) is 0 Å². The summed E-state index contributed by atoms with van der Waals surface area (Å²) >= 11 is 0. The molecule has 1 fully saturated rings. The van der Waals surface area contributed by atoms with Crippen LogP contribution in [0.1, 0.15) is 25.6 Å². The van der Waals surface area contributed by atoms with Gasteiger partial charge in [-0.05, 0) is 32.2 Å². The highest BCUT2D eigenvalue weighted by Crippen LogP contribution is 2.20. The highest BCUT2D eigenvalue weighted by atomic mass is 16.1. The molecule has 1 aromatic heterocycles. The van der Waals surface area contributed by atoms with E-state index < -0.39 is 0 Å². The molecule has 0 aromatic carbocycles. The van der Waals surface area contributed by atoms with E-state index in [9.17, 15) is 4.79 Å². The van der Waals surface area contributed by atoms with Crippen LogP contribution in [-0.2, 0) is 17.8 Å². The standard InChI is InChI=1S/C11H19N5O/c1-2-16-10(14-7-15-16)6-8-3-4-13-9(5-8)11(12)17/h7-9,13H,2-6H2,1H3,(H2,12,17). The molecule has 0 saturated carbocycles. The molecule has 2 heterocycles. The summed E-state index contributed by atoms with van der Waals surface area (Å²) in [6.07, 6.45) is 4.32. The number of primary amides is 1. The smallest absolute Gasteiger partial charge is 0.234 e. The van der Waals surface area contributed by atoms with E-state index in [0.717, 1.165) is 38.2 Å². The van der Waals surface area contributed by atoms with Gasteiger partial charge in [-0.2, -0.15) is 5.10 Å². The highest BCUT2D eigenvalue weighted by Gasteiger charge is 2.26. The van der Waals surface area contributed by atoms with Crippen molar-refractivity contribution in [3.05, 3.63) is 12.2 Å². The number of hydrogen-bond acceptors (Lipinski definition) is 4. The van der Waals surface area contributed by atoms with E-state index in [4.69, 9.17) is 5.73 Å². The molecule has 0 aliphatic carbocycles. The van der Waals surface area contributed by atoms with Gasteiger partial charge in [0.15, 0.2) is 0 Å². The van der Waals surface area contributed by atoms with E-state index in [2.05, 4.69) is 15.4 Å². The summed E-state index contributed by atoms with van der Waals surface area (Å²) in [6, 6.07) is -0.188. The minimum atomic E-state index is -0.258. The first-order valence-corrected chi connectivity index (χ1v) is 6.10. The third kappa shape index (κ3) is 2.82. The molecule has 1 aliphatic rings. The lowest BCUT2D eigenvalue weighted by molar-refractivity contribution is -0.120. The van der Waals surface area contributed by atoms with Gasteiger partial charge in [-0.1, -0.05) is 0 Å². The van der Waals surface area contributed by atoms with Crippen LogP contribution in [0.3, 0.4) is 0 Å². The number of aryl methyl sites for hydroxylation is 1. The molecule has 2 rings (SSSR count). The summed E-state index contributed by atoms with van der Waals surface area (Å²) in [5.41, 5.74) is 5.32. The van der Waals surface area contributed by atoms with Gasteiger partial charge in [-0.25, -0.2) is 4.98 Å². The third-order valence-electron chi connectivity index (χ3n) is 3.32. The molecule has 17 heavy (non-hydrogen) atoms. The van der Waals surface area contributed by atoms with Gasteiger partial charge >= 0.3 is 0 Å². The van der Waals surface area contributed by atoms with Crippen molar-refractivity contribution in [1.82, 2.24) is 20.1 Å². The number of carbonyl (C=O) groups is 1. The van der Waals surface area contributed by atoms with Gasteiger partial charge in [0.2, 0.25) is 5.91 Å². The van der Waals surface area contributed by atoms with E-state index in [0.29, 0.717) is 5.92 Å². The molecule has 94 valence electrons. The number of nitrogens with two attached hydrogens (primary N) is 1. The number of piperidine rings is 1. The number of nitrogens with one attached hydrogen (secondary N) is 1. The summed E-state index contributed by atoms with van der Waals surface area (Å²) in [6.45, 7) is 3.73. The quantitative estimate of drug-likeness (QED) is 0.752. The van der Waals surface area contributed by atoms with Crippen molar-refractivity contribution in [2.75, 3.05) is 6.54 Å². The Labute approximate surface area is 101 Å². The van der Waals surface area contributed by atoms with Crippen molar-refractivity contribution in [2.24, 2.45) is 11.7 Å². The van der Waals surface area contributed by atoms with Gasteiger partial charge < -0.3 is 11.1 Å². The lowest BCUT2D eigenvalue weighted by atomic mass is 9.89. The molecule has 1 aromatic rings. The summed E-state index contributed by atoms with van der Waals surface area (Å²) in [5.74, 6) is 1.21. The van der Waals surface area contributed by atoms with Crippen molar-refractivity contribution in [2.45, 2.75) is 38.8 Å². The maximum atomic E-state index is 11.2. The highest BCUT2D eigenvalue weighted by molar-refractivity contribution is 5.79. The summed E-state index contributed by atoms with van der Waals surface area (Å²) in [4.78, 5) is 15.4. The van der Waals surface area contributed by atoms with E-state index in [1.54, 1.807) is 6.33 Å². The van der Waals surface area contributed by atoms with Crippen molar-refractivity contribution in [1.29, 1.82) is 0 Å². The third-order valence-corrected chi connectivity index (χ3v) is 3.32. The number of nitrogens with zero attached hydrogens (tertiary/aromatic N) is 3. The Morgan fingerprint density at radius 2 is 2.53 bits per heavy atom. The first kappa shape index (κ1) is 12.0. The number of hydrogen-bond donors (Lipinski definition) is 2. The van der Waals surface area contributed by atoms with Crippen LogP contribution >= 0.6 is 0 Å². The van der Waals surface area contributed by atoms with E-state index in [-0.39, 0.29) is 11.9 Å². The number of rotatable bonds is 4. The second kappa shape index (κ2) is 5.27. The molecule has 0 radical (unpaired) electrons. The predicted octanol–water partition coefficient (Wildman–Crippen LogP) is -0.306. The van der Waals surface area contributed by atoms with Crippen LogP contribution in [0.25, 0.3) is 0 Å². The van der Waals surface area contributed by atoms with Crippen molar-refractivity contribution < 1.29 is 4.79 Å². The van der Waals surface area contributed by atoms with Crippen molar-refractivity contribution in [3.63, 3.8) is 0 Å². The first-order chi connectivity index (χ1) is 8.20. The topological polar surface area (TPSA) is 85.8 Å². The van der Waals surface area contributed by atoms with Gasteiger partial charge in [0.25, 0.3) is 0 Å². The molecule has 0 spiro atoms. The van der Waals surface area contributed by atoms with Crippen molar-refractivity contribution >= 4 is 5.91 Å². The summed E-state index contributed by atoms with van der Waals surface area (Å²) in [7, 11) is 0. The number of carbonyl (C=O) groups excluding carboxylic acids is 1. The minimum Gasteiger partial charge on any atom is -0.368 e. The molecule has 1 amide bonds. The Morgan fingerprint density at radius 3 is 3.24 bits per heavy atom. The fourth-order valence-corrected chi connectivity index (χ4v) is 2.37. The van der Waals surface area contributed by atoms with Crippen LogP contribution in [0.5, 0.6) is 0 Å². The largest absolute Gasteiger partial charge is 0.368 e. The zero-order valence-electron chi connectivity index (χ0n) is 10.1. The molecule has 1 saturated heterocycles. The second-order valence-corrected chi connectivity index (χ2v) is 4.50. The van der Waals surface area contributed by atoms with Crippen LogP contribution in [0.15, 0.2) is 6.33 Å². The molecule has 3 N–H and O–H groups in total. The molecule has 6 nitrogen and oxygen atoms in total. The Bertz CT molecular complexity index is 389. The molecule has 2 unspecified atom stereocenters. The van der Waals surface area contributed by atoms with Gasteiger partial charge in [0, 0.05) is 13.0 Å². The average molecular weight is 237 g/mol. The van der Waals surface area contributed by atoms with Crippen LogP contribution in [0, 0.1) is 5.92 Å². The van der Waals surface area contributed by atoms with E-state index in [1.807, 2.05) is 11.6 Å². The van der Waals surface area contributed by atoms with Crippen LogP contribution in [0.4, 0.5) is 0 Å². The fraction of sp³-hybridized carbons (Fsp3) is 0.727. The molecular weight excluding hydrogens is 218 g/mol. The van der Waals surface area contributed by atoms with E-state index in [1.165, 1.54) is 0 Å². The Hall–Kier alpha value is -1.43. The zero-order chi connectivity index (χ0) is 12.3. The average Bonchev–Trinajstić information content (AvgIpc) is 2.76. The Kier molecular flexibility index (Phi) is 3.73. The number of amides is 1. The maximum absolute atomic E-state index is 11.2.